The number of imide groups is 1. The lowest BCUT2D eigenvalue weighted by Crippen LogP contribution is -2.48. The molecular weight excluding hydrogens is 390 g/mol. The van der Waals surface area contributed by atoms with Gasteiger partial charge in [-0.05, 0) is 29.8 Å². The van der Waals surface area contributed by atoms with Crippen molar-refractivity contribution in [3.8, 4) is 0 Å². The van der Waals surface area contributed by atoms with Crippen molar-refractivity contribution in [1.82, 2.24) is 9.21 Å². The van der Waals surface area contributed by atoms with E-state index in [-0.39, 0.29) is 29.6 Å². The van der Waals surface area contributed by atoms with Crippen LogP contribution in [0, 0.1) is 0 Å². The number of carbonyl (C=O) groups excluding carboxylic acids is 2. The van der Waals surface area contributed by atoms with E-state index in [0.717, 1.165) is 11.4 Å². The quantitative estimate of drug-likeness (QED) is 0.699. The minimum absolute atomic E-state index is 0.178. The highest BCUT2D eigenvalue weighted by Gasteiger charge is 2.32. The second-order valence-corrected chi connectivity index (χ2v) is 9.22. The van der Waals surface area contributed by atoms with E-state index in [1.165, 1.54) is 34.1 Å². The Bertz CT molecular complexity index is 982. The number of carbonyl (C=O) groups is 2. The molecule has 0 radical (unpaired) electrons. The zero-order chi connectivity index (χ0) is 20.4. The maximum absolute atomic E-state index is 13.0. The van der Waals surface area contributed by atoms with Crippen LogP contribution in [0.15, 0.2) is 59.5 Å². The third kappa shape index (κ3) is 4.10. The lowest BCUT2D eigenvalue weighted by Gasteiger charge is -2.34. The normalized spacial score (nSPS) is 19.1. The van der Waals surface area contributed by atoms with Crippen LogP contribution in [-0.4, -0.2) is 55.6 Å². The first-order chi connectivity index (χ1) is 13.9. The average molecular weight is 413 g/mol. The fraction of sp³-hybridized carbons (Fsp3) is 0.333. The van der Waals surface area contributed by atoms with E-state index < -0.39 is 10.0 Å². The number of hydrogen-bond donors (Lipinski definition) is 0. The van der Waals surface area contributed by atoms with Crippen molar-refractivity contribution in [2.45, 2.75) is 24.3 Å². The number of rotatable bonds is 5. The molecule has 152 valence electrons. The highest BCUT2D eigenvalue weighted by molar-refractivity contribution is 7.89. The minimum atomic E-state index is -3.61. The van der Waals surface area contributed by atoms with Gasteiger partial charge in [0.2, 0.25) is 21.8 Å². The molecule has 2 aliphatic heterocycles. The molecule has 8 heteroatoms. The van der Waals surface area contributed by atoms with E-state index in [1.807, 2.05) is 18.2 Å². The molecule has 0 saturated carbocycles. The summed E-state index contributed by atoms with van der Waals surface area (Å²) in [7, 11) is -3.61. The molecule has 7 nitrogen and oxygen atoms in total. The highest BCUT2D eigenvalue weighted by atomic mass is 32.2. The number of piperazine rings is 1. The van der Waals surface area contributed by atoms with Crippen molar-refractivity contribution in [3.05, 3.63) is 60.2 Å². The average Bonchev–Trinajstić information content (AvgIpc) is 3.07. The number of nitrogens with zero attached hydrogens (tertiary/aromatic N) is 3. The molecule has 0 spiro atoms. The van der Waals surface area contributed by atoms with E-state index in [4.69, 9.17) is 0 Å². The predicted molar refractivity (Wildman–Crippen MR) is 109 cm³/mol. The Balaban J connectivity index is 1.41. The maximum atomic E-state index is 13.0. The molecular formula is C21H23N3O4S. The minimum Gasteiger partial charge on any atom is -0.296 e. The van der Waals surface area contributed by atoms with Gasteiger partial charge in [0.25, 0.3) is 0 Å². The molecule has 29 heavy (non-hydrogen) atoms. The van der Waals surface area contributed by atoms with Crippen molar-refractivity contribution in [1.29, 1.82) is 0 Å². The van der Waals surface area contributed by atoms with E-state index in [0.29, 0.717) is 31.9 Å². The Hall–Kier alpha value is -2.55. The molecule has 2 heterocycles. The largest absolute Gasteiger partial charge is 0.296 e. The molecule has 0 atom stereocenters. The zero-order valence-corrected chi connectivity index (χ0v) is 16.8. The van der Waals surface area contributed by atoms with Crippen molar-refractivity contribution < 1.29 is 18.0 Å². The van der Waals surface area contributed by atoms with Crippen molar-refractivity contribution >= 4 is 27.5 Å². The summed E-state index contributed by atoms with van der Waals surface area (Å²) in [5, 5.41) is 0. The summed E-state index contributed by atoms with van der Waals surface area (Å²) in [5.74, 6) is -0.500. The van der Waals surface area contributed by atoms with Gasteiger partial charge in [0.15, 0.2) is 0 Å². The molecule has 2 aliphatic rings. The number of amides is 2. The molecule has 2 saturated heterocycles. The van der Waals surface area contributed by atoms with Crippen LogP contribution >= 0.6 is 0 Å². The number of benzene rings is 2. The summed E-state index contributed by atoms with van der Waals surface area (Å²) >= 11 is 0. The Morgan fingerprint density at radius 3 is 1.93 bits per heavy atom. The van der Waals surface area contributed by atoms with E-state index in [9.17, 15) is 18.0 Å². The first-order valence-electron chi connectivity index (χ1n) is 9.67. The van der Waals surface area contributed by atoms with Crippen LogP contribution in [0.5, 0.6) is 0 Å². The molecule has 0 bridgehead atoms. The zero-order valence-electron chi connectivity index (χ0n) is 16.0. The van der Waals surface area contributed by atoms with Crippen LogP contribution < -0.4 is 4.90 Å². The fourth-order valence-electron chi connectivity index (χ4n) is 3.75. The highest BCUT2D eigenvalue weighted by Crippen LogP contribution is 2.25. The Labute approximate surface area is 170 Å². The Kier molecular flexibility index (Phi) is 5.49. The first kappa shape index (κ1) is 19.8. The molecule has 2 aromatic carbocycles. The summed E-state index contributed by atoms with van der Waals surface area (Å²) in [5.41, 5.74) is 1.63. The second-order valence-electron chi connectivity index (χ2n) is 7.28. The molecule has 2 amide bonds. The number of anilines is 1. The van der Waals surface area contributed by atoms with Gasteiger partial charge in [-0.2, -0.15) is 4.31 Å². The fourth-order valence-corrected chi connectivity index (χ4v) is 5.17. The van der Waals surface area contributed by atoms with Gasteiger partial charge in [-0.3, -0.25) is 19.4 Å². The van der Waals surface area contributed by atoms with E-state index >= 15 is 0 Å². The monoisotopic (exact) mass is 413 g/mol. The Morgan fingerprint density at radius 1 is 0.759 bits per heavy atom. The molecule has 0 aromatic heterocycles. The predicted octanol–water partition coefficient (Wildman–Crippen LogP) is 1.85. The second kappa shape index (κ2) is 8.06. The van der Waals surface area contributed by atoms with Crippen LogP contribution in [0.1, 0.15) is 18.4 Å². The standard InChI is InChI=1S/C21H23N3O4S/c25-20-10-11-21(26)24(20)18-6-8-19(9-7-18)29(27,28)23-14-12-22(13-15-23)16-17-4-2-1-3-5-17/h1-9H,10-16H2. The molecule has 0 aliphatic carbocycles. The summed E-state index contributed by atoms with van der Waals surface area (Å²) in [6, 6.07) is 16.1. The topological polar surface area (TPSA) is 78.0 Å². The van der Waals surface area contributed by atoms with Gasteiger partial charge in [-0.25, -0.2) is 8.42 Å². The van der Waals surface area contributed by atoms with Crippen LogP contribution in [0.25, 0.3) is 0 Å². The van der Waals surface area contributed by atoms with Gasteiger partial charge < -0.3 is 0 Å². The van der Waals surface area contributed by atoms with Crippen LogP contribution in [-0.2, 0) is 26.2 Å². The van der Waals surface area contributed by atoms with Gasteiger partial charge in [0.05, 0.1) is 10.6 Å². The van der Waals surface area contributed by atoms with Gasteiger partial charge in [-0.15, -0.1) is 0 Å². The lowest BCUT2D eigenvalue weighted by atomic mass is 10.2. The first-order valence-corrected chi connectivity index (χ1v) is 11.1. The van der Waals surface area contributed by atoms with Crippen LogP contribution in [0.2, 0.25) is 0 Å². The van der Waals surface area contributed by atoms with E-state index in [1.54, 1.807) is 0 Å². The summed E-state index contributed by atoms with van der Waals surface area (Å²) in [6.45, 7) is 3.01. The summed E-state index contributed by atoms with van der Waals surface area (Å²) < 4.78 is 27.4. The van der Waals surface area contributed by atoms with Crippen molar-refractivity contribution in [2.24, 2.45) is 0 Å². The SMILES string of the molecule is O=C1CCC(=O)N1c1ccc(S(=O)(=O)N2CCN(Cc3ccccc3)CC2)cc1. The van der Waals surface area contributed by atoms with Crippen LogP contribution in [0.3, 0.4) is 0 Å². The molecule has 2 aromatic rings. The summed E-state index contributed by atoms with van der Waals surface area (Å²) in [6.07, 6.45) is 0.401. The van der Waals surface area contributed by atoms with Gasteiger partial charge in [0, 0.05) is 45.6 Å². The Morgan fingerprint density at radius 2 is 1.34 bits per heavy atom. The molecule has 0 unspecified atom stereocenters. The maximum Gasteiger partial charge on any atom is 0.243 e. The summed E-state index contributed by atoms with van der Waals surface area (Å²) in [4.78, 5) is 27.2. The van der Waals surface area contributed by atoms with E-state index in [2.05, 4.69) is 17.0 Å². The molecule has 4 rings (SSSR count). The smallest absolute Gasteiger partial charge is 0.243 e. The van der Waals surface area contributed by atoms with Crippen molar-refractivity contribution in [3.63, 3.8) is 0 Å². The van der Waals surface area contributed by atoms with Gasteiger partial charge >= 0.3 is 0 Å². The molecule has 0 N–H and O–H groups in total. The van der Waals surface area contributed by atoms with Crippen molar-refractivity contribution in [2.75, 3.05) is 31.1 Å². The van der Waals surface area contributed by atoms with Crippen LogP contribution in [0.4, 0.5) is 5.69 Å². The van der Waals surface area contributed by atoms with Gasteiger partial charge in [0.1, 0.15) is 0 Å². The number of sulfonamides is 1. The molecule has 2 fully saturated rings. The third-order valence-corrected chi connectivity index (χ3v) is 7.28. The third-order valence-electron chi connectivity index (χ3n) is 5.36. The number of hydrogen-bond acceptors (Lipinski definition) is 5. The lowest BCUT2D eigenvalue weighted by molar-refractivity contribution is -0.121. The van der Waals surface area contributed by atoms with Gasteiger partial charge in [-0.1, -0.05) is 30.3 Å².